The zero-order valence-corrected chi connectivity index (χ0v) is 13.0. The summed E-state index contributed by atoms with van der Waals surface area (Å²) in [6.07, 6.45) is 1.76. The van der Waals surface area contributed by atoms with Crippen LogP contribution in [0.15, 0.2) is 30.3 Å². The van der Waals surface area contributed by atoms with Crippen molar-refractivity contribution in [3.8, 4) is 5.75 Å². The van der Waals surface area contributed by atoms with Crippen LogP contribution in [0.25, 0.3) is 10.9 Å². The van der Waals surface area contributed by atoms with Crippen LogP contribution in [0.2, 0.25) is 0 Å². The summed E-state index contributed by atoms with van der Waals surface area (Å²) in [5, 5.41) is 14.5. The van der Waals surface area contributed by atoms with Gasteiger partial charge in [0.15, 0.2) is 0 Å². The third-order valence-corrected chi connectivity index (χ3v) is 3.56. The van der Waals surface area contributed by atoms with Gasteiger partial charge in [0.25, 0.3) is 0 Å². The first kappa shape index (κ1) is 15.7. The van der Waals surface area contributed by atoms with Gasteiger partial charge >= 0.3 is 0 Å². The molecule has 1 heterocycles. The van der Waals surface area contributed by atoms with Crippen LogP contribution >= 0.6 is 0 Å². The van der Waals surface area contributed by atoms with E-state index < -0.39 is 5.60 Å². The van der Waals surface area contributed by atoms with Crippen LogP contribution in [-0.4, -0.2) is 29.3 Å². The van der Waals surface area contributed by atoms with Crippen molar-refractivity contribution in [1.29, 1.82) is 0 Å². The minimum Gasteiger partial charge on any atom is -0.494 e. The summed E-state index contributed by atoms with van der Waals surface area (Å²) in [5.74, 6) is 0.785. The molecule has 4 heteroatoms. The lowest BCUT2D eigenvalue weighted by Crippen LogP contribution is -2.37. The highest BCUT2D eigenvalue weighted by molar-refractivity contribution is 5.84. The van der Waals surface area contributed by atoms with Crippen molar-refractivity contribution in [3.63, 3.8) is 0 Å². The summed E-state index contributed by atoms with van der Waals surface area (Å²) in [6, 6.07) is 9.95. The van der Waals surface area contributed by atoms with Crippen LogP contribution in [-0.2, 0) is 6.54 Å². The molecule has 1 aromatic heterocycles. The molecule has 21 heavy (non-hydrogen) atoms. The van der Waals surface area contributed by atoms with Crippen LogP contribution in [0.5, 0.6) is 5.75 Å². The molecule has 4 nitrogen and oxygen atoms in total. The number of rotatable bonds is 7. The third kappa shape index (κ3) is 4.16. The number of benzene rings is 1. The van der Waals surface area contributed by atoms with Crippen molar-refractivity contribution in [2.24, 2.45) is 0 Å². The van der Waals surface area contributed by atoms with E-state index >= 15 is 0 Å². The average Bonchev–Trinajstić information content (AvgIpc) is 2.46. The average molecular weight is 288 g/mol. The minimum atomic E-state index is -0.663. The lowest BCUT2D eigenvalue weighted by molar-refractivity contribution is 0.0497. The zero-order valence-electron chi connectivity index (χ0n) is 13.0. The number of hydrogen-bond donors (Lipinski definition) is 2. The summed E-state index contributed by atoms with van der Waals surface area (Å²) in [4.78, 5) is 4.64. The largest absolute Gasteiger partial charge is 0.494 e. The second kappa shape index (κ2) is 6.87. The van der Waals surface area contributed by atoms with E-state index in [1.54, 1.807) is 7.11 Å². The molecule has 0 saturated heterocycles. The van der Waals surface area contributed by atoms with Gasteiger partial charge in [0.05, 0.1) is 18.4 Å². The van der Waals surface area contributed by atoms with E-state index in [2.05, 4.69) is 17.2 Å². The van der Waals surface area contributed by atoms with Gasteiger partial charge in [0, 0.05) is 18.5 Å². The molecule has 0 radical (unpaired) electrons. The van der Waals surface area contributed by atoms with Gasteiger partial charge in [-0.3, -0.25) is 0 Å². The molecule has 0 spiro atoms. The molecule has 0 aliphatic heterocycles. The molecule has 114 valence electrons. The van der Waals surface area contributed by atoms with Crippen LogP contribution in [0, 0.1) is 0 Å². The first-order chi connectivity index (χ1) is 10.1. The van der Waals surface area contributed by atoms with E-state index in [1.807, 2.05) is 37.3 Å². The Balaban J connectivity index is 2.06. The smallest absolute Gasteiger partial charge is 0.145 e. The summed E-state index contributed by atoms with van der Waals surface area (Å²) in [7, 11) is 1.66. The summed E-state index contributed by atoms with van der Waals surface area (Å²) in [6.45, 7) is 5.13. The highest BCUT2D eigenvalue weighted by Crippen LogP contribution is 2.23. The maximum atomic E-state index is 10.1. The number of nitrogens with one attached hydrogen (secondary N) is 1. The van der Waals surface area contributed by atoms with Crippen LogP contribution < -0.4 is 10.1 Å². The molecule has 0 amide bonds. The molecule has 1 unspecified atom stereocenters. The van der Waals surface area contributed by atoms with E-state index in [0.29, 0.717) is 13.1 Å². The van der Waals surface area contributed by atoms with Gasteiger partial charge in [-0.25, -0.2) is 4.98 Å². The van der Waals surface area contributed by atoms with Crippen molar-refractivity contribution < 1.29 is 9.84 Å². The maximum absolute atomic E-state index is 10.1. The third-order valence-electron chi connectivity index (χ3n) is 3.56. The van der Waals surface area contributed by atoms with Gasteiger partial charge in [-0.05, 0) is 25.5 Å². The second-order valence-corrected chi connectivity index (χ2v) is 5.69. The lowest BCUT2D eigenvalue weighted by atomic mass is 10.0. The zero-order chi connectivity index (χ0) is 15.3. The van der Waals surface area contributed by atoms with Crippen LogP contribution in [0.3, 0.4) is 0 Å². The van der Waals surface area contributed by atoms with Gasteiger partial charge in [-0.1, -0.05) is 31.5 Å². The molecule has 0 aliphatic rings. The van der Waals surface area contributed by atoms with Crippen molar-refractivity contribution in [2.45, 2.75) is 38.8 Å². The SMILES string of the molecule is CCCC(C)(O)CNCc1ccc2cccc(OC)c2n1. The molecule has 2 rings (SSSR count). The van der Waals surface area contributed by atoms with Crippen molar-refractivity contribution in [3.05, 3.63) is 36.0 Å². The number of fused-ring (bicyclic) bond motifs is 1. The van der Waals surface area contributed by atoms with Crippen LogP contribution in [0.1, 0.15) is 32.4 Å². The molecule has 0 saturated carbocycles. The Kier molecular flexibility index (Phi) is 5.15. The molecular formula is C17H24N2O2. The highest BCUT2D eigenvalue weighted by Gasteiger charge is 2.18. The Bertz CT molecular complexity index is 596. The van der Waals surface area contributed by atoms with E-state index in [-0.39, 0.29) is 0 Å². The van der Waals surface area contributed by atoms with Gasteiger partial charge in [-0.15, -0.1) is 0 Å². The fraction of sp³-hybridized carbons (Fsp3) is 0.471. The number of para-hydroxylation sites is 1. The van der Waals surface area contributed by atoms with E-state index in [0.717, 1.165) is 35.2 Å². The molecular weight excluding hydrogens is 264 g/mol. The Morgan fingerprint density at radius 1 is 1.29 bits per heavy atom. The Hall–Kier alpha value is -1.65. The Labute approximate surface area is 126 Å². The minimum absolute atomic E-state index is 0.562. The number of methoxy groups -OCH3 is 1. The Morgan fingerprint density at radius 2 is 2.10 bits per heavy atom. The van der Waals surface area contributed by atoms with E-state index in [4.69, 9.17) is 4.74 Å². The quantitative estimate of drug-likeness (QED) is 0.822. The molecule has 0 fully saturated rings. The fourth-order valence-corrected chi connectivity index (χ4v) is 2.51. The molecule has 0 bridgehead atoms. The number of nitrogens with zero attached hydrogens (tertiary/aromatic N) is 1. The van der Waals surface area contributed by atoms with E-state index in [1.165, 1.54) is 0 Å². The summed E-state index contributed by atoms with van der Waals surface area (Å²) >= 11 is 0. The number of hydrogen-bond acceptors (Lipinski definition) is 4. The topological polar surface area (TPSA) is 54.4 Å². The van der Waals surface area contributed by atoms with Crippen LogP contribution in [0.4, 0.5) is 0 Å². The second-order valence-electron chi connectivity index (χ2n) is 5.69. The summed E-state index contributed by atoms with van der Waals surface area (Å²) in [5.41, 5.74) is 1.16. The van der Waals surface area contributed by atoms with Gasteiger partial charge in [0.2, 0.25) is 0 Å². The monoisotopic (exact) mass is 288 g/mol. The fourth-order valence-electron chi connectivity index (χ4n) is 2.51. The normalized spacial score (nSPS) is 14.1. The maximum Gasteiger partial charge on any atom is 0.145 e. The predicted molar refractivity (Wildman–Crippen MR) is 85.5 cm³/mol. The number of pyridine rings is 1. The molecule has 1 aromatic carbocycles. The number of aromatic nitrogens is 1. The predicted octanol–water partition coefficient (Wildman–Crippen LogP) is 2.88. The first-order valence-corrected chi connectivity index (χ1v) is 7.41. The standard InChI is InChI=1S/C17H24N2O2/c1-4-10-17(2,20)12-18-11-14-9-8-13-6-5-7-15(21-3)16(13)19-14/h5-9,18,20H,4,10-12H2,1-3H3. The molecule has 0 aliphatic carbocycles. The Morgan fingerprint density at radius 3 is 2.81 bits per heavy atom. The van der Waals surface area contributed by atoms with Crippen molar-refractivity contribution in [1.82, 2.24) is 10.3 Å². The number of aliphatic hydroxyl groups is 1. The van der Waals surface area contributed by atoms with Crippen molar-refractivity contribution >= 4 is 10.9 Å². The van der Waals surface area contributed by atoms with Gasteiger partial charge in [0.1, 0.15) is 11.3 Å². The van der Waals surface area contributed by atoms with Gasteiger partial charge in [-0.2, -0.15) is 0 Å². The van der Waals surface area contributed by atoms with Crippen molar-refractivity contribution in [2.75, 3.05) is 13.7 Å². The van der Waals surface area contributed by atoms with E-state index in [9.17, 15) is 5.11 Å². The molecule has 1 atom stereocenters. The molecule has 2 aromatic rings. The highest BCUT2D eigenvalue weighted by atomic mass is 16.5. The lowest BCUT2D eigenvalue weighted by Gasteiger charge is -2.22. The number of ether oxygens (including phenoxy) is 1. The van der Waals surface area contributed by atoms with Gasteiger partial charge < -0.3 is 15.2 Å². The first-order valence-electron chi connectivity index (χ1n) is 7.41. The molecule has 2 N–H and O–H groups in total. The summed E-state index contributed by atoms with van der Waals surface area (Å²) < 4.78 is 5.35.